The summed E-state index contributed by atoms with van der Waals surface area (Å²) in [6, 6.07) is 6.07. The molecule has 1 aromatic heterocycles. The molecule has 0 saturated carbocycles. The van der Waals surface area contributed by atoms with Crippen LogP contribution in [0.25, 0.3) is 0 Å². The minimum atomic E-state index is -0.714. The minimum absolute atomic E-state index is 0.0167. The first kappa shape index (κ1) is 17.7. The maximum atomic E-state index is 12.4. The molecule has 2 rings (SSSR count). The first-order valence-electron chi connectivity index (χ1n) is 6.91. The molecule has 7 nitrogen and oxygen atoms in total. The van der Waals surface area contributed by atoms with Crippen LogP contribution in [0.2, 0.25) is 5.02 Å². The molecule has 1 heterocycles. The first-order valence-corrected chi connectivity index (χ1v) is 7.29. The monoisotopic (exact) mass is 350 g/mol. The fraction of sp³-hybridized carbons (Fsp3) is 0.250. The Morgan fingerprint density at radius 2 is 1.79 bits per heavy atom. The molecule has 0 unspecified atom stereocenters. The number of hydrogen-bond donors (Lipinski definition) is 0. The van der Waals surface area contributed by atoms with Gasteiger partial charge in [0.25, 0.3) is 0 Å². The lowest BCUT2D eigenvalue weighted by atomic mass is 10.1. The number of esters is 2. The zero-order chi connectivity index (χ0) is 17.9. The average Bonchev–Trinajstić information content (AvgIpc) is 2.99. The van der Waals surface area contributed by atoms with Gasteiger partial charge in [0, 0.05) is 16.7 Å². The predicted octanol–water partition coefficient (Wildman–Crippen LogP) is 2.30. The van der Waals surface area contributed by atoms with E-state index in [1.54, 1.807) is 25.1 Å². The minimum Gasteiger partial charge on any atom is -0.464 e. The number of methoxy groups -OCH3 is 2. The lowest BCUT2D eigenvalue weighted by Crippen LogP contribution is -2.18. The highest BCUT2D eigenvalue weighted by molar-refractivity contribution is 6.31. The van der Waals surface area contributed by atoms with E-state index in [4.69, 9.17) is 11.6 Å². The number of carbonyl (C=O) groups is 3. The Morgan fingerprint density at radius 1 is 1.12 bits per heavy atom. The average molecular weight is 351 g/mol. The van der Waals surface area contributed by atoms with Crippen LogP contribution in [0.15, 0.2) is 24.3 Å². The summed E-state index contributed by atoms with van der Waals surface area (Å²) in [5.41, 5.74) is 1.07. The summed E-state index contributed by atoms with van der Waals surface area (Å²) in [4.78, 5) is 35.8. The van der Waals surface area contributed by atoms with Gasteiger partial charge >= 0.3 is 11.9 Å². The number of ether oxygens (including phenoxy) is 2. The van der Waals surface area contributed by atoms with Crippen molar-refractivity contribution in [2.24, 2.45) is 0 Å². The third kappa shape index (κ3) is 3.62. The van der Waals surface area contributed by atoms with Crippen LogP contribution in [0, 0.1) is 6.92 Å². The van der Waals surface area contributed by atoms with Gasteiger partial charge in [-0.3, -0.25) is 4.79 Å². The highest BCUT2D eigenvalue weighted by Gasteiger charge is 2.22. The summed E-state index contributed by atoms with van der Waals surface area (Å²) < 4.78 is 10.3. The molecule has 0 bridgehead atoms. The van der Waals surface area contributed by atoms with Gasteiger partial charge in [0.2, 0.25) is 0 Å². The molecular weight excluding hydrogens is 336 g/mol. The smallest absolute Gasteiger partial charge is 0.358 e. The van der Waals surface area contributed by atoms with Gasteiger partial charge in [-0.1, -0.05) is 11.6 Å². The topological polar surface area (TPSA) is 87.5 Å². The Kier molecular flexibility index (Phi) is 5.35. The van der Waals surface area contributed by atoms with Crippen LogP contribution < -0.4 is 0 Å². The van der Waals surface area contributed by atoms with E-state index >= 15 is 0 Å². The van der Waals surface area contributed by atoms with Crippen LogP contribution in [0.4, 0.5) is 0 Å². The highest BCUT2D eigenvalue weighted by Crippen LogP contribution is 2.17. The number of aromatic nitrogens is 2. The molecule has 0 fully saturated rings. The van der Waals surface area contributed by atoms with Crippen molar-refractivity contribution in [1.29, 1.82) is 0 Å². The fourth-order valence-electron chi connectivity index (χ4n) is 2.06. The number of rotatable bonds is 5. The Bertz CT molecular complexity index is 813. The van der Waals surface area contributed by atoms with E-state index in [2.05, 4.69) is 14.6 Å². The molecule has 0 aliphatic rings. The largest absolute Gasteiger partial charge is 0.464 e. The summed E-state index contributed by atoms with van der Waals surface area (Å²) >= 11 is 5.94. The number of carbonyl (C=O) groups excluding carboxylic acids is 3. The van der Waals surface area contributed by atoms with E-state index < -0.39 is 11.9 Å². The number of hydrogen-bond acceptors (Lipinski definition) is 6. The van der Waals surface area contributed by atoms with Gasteiger partial charge in [-0.25, -0.2) is 14.3 Å². The lowest BCUT2D eigenvalue weighted by Gasteiger charge is -2.06. The molecule has 1 aromatic carbocycles. The molecule has 0 aliphatic carbocycles. The van der Waals surface area contributed by atoms with Crippen LogP contribution in [-0.2, 0) is 16.0 Å². The van der Waals surface area contributed by atoms with Crippen molar-refractivity contribution in [3.63, 3.8) is 0 Å². The molecule has 126 valence electrons. The van der Waals surface area contributed by atoms with Crippen molar-refractivity contribution in [1.82, 2.24) is 9.78 Å². The molecule has 24 heavy (non-hydrogen) atoms. The second-order valence-corrected chi connectivity index (χ2v) is 5.35. The van der Waals surface area contributed by atoms with Crippen LogP contribution in [0.3, 0.4) is 0 Å². The zero-order valence-corrected chi connectivity index (χ0v) is 14.1. The van der Waals surface area contributed by atoms with Crippen molar-refractivity contribution in [2.75, 3.05) is 14.2 Å². The highest BCUT2D eigenvalue weighted by atomic mass is 35.5. The second kappa shape index (κ2) is 7.27. The van der Waals surface area contributed by atoms with Crippen molar-refractivity contribution < 1.29 is 23.9 Å². The van der Waals surface area contributed by atoms with E-state index in [9.17, 15) is 14.4 Å². The number of aryl methyl sites for hydroxylation is 1. The molecule has 0 N–H and O–H groups in total. The predicted molar refractivity (Wildman–Crippen MR) is 85.4 cm³/mol. The molecule has 8 heteroatoms. The second-order valence-electron chi connectivity index (χ2n) is 4.94. The van der Waals surface area contributed by atoms with Gasteiger partial charge in [0.05, 0.1) is 14.2 Å². The number of ketones is 1. The van der Waals surface area contributed by atoms with Crippen LogP contribution >= 0.6 is 11.6 Å². The van der Waals surface area contributed by atoms with E-state index in [0.717, 1.165) is 10.2 Å². The van der Waals surface area contributed by atoms with Crippen LogP contribution in [-0.4, -0.2) is 41.7 Å². The quantitative estimate of drug-likeness (QED) is 0.607. The summed E-state index contributed by atoms with van der Waals surface area (Å²) in [5.74, 6) is -1.72. The van der Waals surface area contributed by atoms with Gasteiger partial charge in [-0.05, 0) is 30.7 Å². The molecule has 2 aromatic rings. The zero-order valence-electron chi connectivity index (χ0n) is 13.3. The molecular formula is C16H15ClN2O5. The van der Waals surface area contributed by atoms with Gasteiger partial charge in [0.15, 0.2) is 11.5 Å². The van der Waals surface area contributed by atoms with Gasteiger partial charge < -0.3 is 9.47 Å². The van der Waals surface area contributed by atoms with E-state index in [-0.39, 0.29) is 23.7 Å². The van der Waals surface area contributed by atoms with E-state index in [0.29, 0.717) is 10.6 Å². The van der Waals surface area contributed by atoms with Crippen molar-refractivity contribution in [3.05, 3.63) is 51.8 Å². The molecule has 0 amide bonds. The van der Waals surface area contributed by atoms with Crippen molar-refractivity contribution in [3.8, 4) is 0 Å². The van der Waals surface area contributed by atoms with Crippen molar-refractivity contribution >= 4 is 29.3 Å². The standard InChI is InChI=1S/C16H15ClN2O5/c1-9-6-10(4-5-11(9)17)14(20)8-19-13(16(22)24-3)7-12(18-19)15(21)23-2/h4-7H,8H2,1-3H3. The third-order valence-electron chi connectivity index (χ3n) is 3.34. The number of Topliss-reactive ketones (excluding diaryl/α,β-unsaturated/α-hetero) is 1. The summed E-state index contributed by atoms with van der Waals surface area (Å²) in [5, 5.41) is 4.50. The maximum absolute atomic E-state index is 12.4. The fourth-order valence-corrected chi connectivity index (χ4v) is 2.17. The van der Waals surface area contributed by atoms with Gasteiger partial charge in [0.1, 0.15) is 12.2 Å². The summed E-state index contributed by atoms with van der Waals surface area (Å²) in [7, 11) is 2.39. The summed E-state index contributed by atoms with van der Waals surface area (Å²) in [6.07, 6.45) is 0. The molecule has 0 radical (unpaired) electrons. The van der Waals surface area contributed by atoms with Gasteiger partial charge in [-0.15, -0.1) is 0 Å². The van der Waals surface area contributed by atoms with Gasteiger partial charge in [-0.2, -0.15) is 5.10 Å². The molecule has 0 atom stereocenters. The normalized spacial score (nSPS) is 10.3. The Hall–Kier alpha value is -2.67. The Labute approximate surface area is 143 Å². The summed E-state index contributed by atoms with van der Waals surface area (Å²) in [6.45, 7) is 1.55. The number of benzene rings is 1. The number of nitrogens with zero attached hydrogens (tertiary/aromatic N) is 2. The molecule has 0 spiro atoms. The Balaban J connectivity index is 2.34. The van der Waals surface area contributed by atoms with E-state index in [1.807, 2.05) is 0 Å². The van der Waals surface area contributed by atoms with Crippen molar-refractivity contribution in [2.45, 2.75) is 13.5 Å². The van der Waals surface area contributed by atoms with E-state index in [1.165, 1.54) is 20.3 Å². The maximum Gasteiger partial charge on any atom is 0.358 e. The SMILES string of the molecule is COC(=O)c1cc(C(=O)OC)n(CC(=O)c2ccc(Cl)c(C)c2)n1. The molecule has 0 aliphatic heterocycles. The lowest BCUT2D eigenvalue weighted by molar-refractivity contribution is 0.0580. The first-order chi connectivity index (χ1) is 11.4. The third-order valence-corrected chi connectivity index (χ3v) is 3.77. The Morgan fingerprint density at radius 3 is 2.38 bits per heavy atom. The molecule has 0 saturated heterocycles. The van der Waals surface area contributed by atoms with Crippen LogP contribution in [0.5, 0.6) is 0 Å². The van der Waals surface area contributed by atoms with Crippen LogP contribution in [0.1, 0.15) is 36.9 Å². The number of halogens is 1.